The standard InChI is InChI=1S/C28H23ClN2O7S/c1-2-35-23-11-18(10-20(29)26(23)36-15-17-6-4-3-5-7-17)12-24-27(33)31(28(34)39-24)14-25(32)30-19-8-9-21-22(13-19)38-16-37-21/h3-13H,2,14-16H2,1H3,(H,30,32)/b24-12-. The van der Waals surface area contributed by atoms with Gasteiger partial charge < -0.3 is 24.3 Å². The van der Waals surface area contributed by atoms with Gasteiger partial charge in [0.1, 0.15) is 13.2 Å². The summed E-state index contributed by atoms with van der Waals surface area (Å²) in [7, 11) is 0. The van der Waals surface area contributed by atoms with Gasteiger partial charge in [0, 0.05) is 11.8 Å². The van der Waals surface area contributed by atoms with Crippen molar-refractivity contribution < 1.29 is 33.3 Å². The Morgan fingerprint density at radius 2 is 1.87 bits per heavy atom. The fourth-order valence-corrected chi connectivity index (χ4v) is 5.02. The molecule has 200 valence electrons. The quantitative estimate of drug-likeness (QED) is 0.328. The number of benzene rings is 3. The van der Waals surface area contributed by atoms with Crippen LogP contribution in [0, 0.1) is 0 Å². The van der Waals surface area contributed by atoms with Crippen molar-refractivity contribution in [1.82, 2.24) is 4.90 Å². The first-order chi connectivity index (χ1) is 18.9. The first-order valence-corrected chi connectivity index (χ1v) is 13.2. The zero-order chi connectivity index (χ0) is 27.4. The summed E-state index contributed by atoms with van der Waals surface area (Å²) >= 11 is 7.27. The second kappa shape index (κ2) is 11.7. The van der Waals surface area contributed by atoms with E-state index in [2.05, 4.69) is 5.32 Å². The highest BCUT2D eigenvalue weighted by Crippen LogP contribution is 2.40. The lowest BCUT2D eigenvalue weighted by Crippen LogP contribution is -2.36. The van der Waals surface area contributed by atoms with Crippen LogP contribution in [0.2, 0.25) is 5.02 Å². The van der Waals surface area contributed by atoms with E-state index in [1.807, 2.05) is 37.3 Å². The van der Waals surface area contributed by atoms with E-state index in [-0.39, 0.29) is 11.7 Å². The molecule has 0 saturated carbocycles. The van der Waals surface area contributed by atoms with Crippen LogP contribution in [0.5, 0.6) is 23.0 Å². The van der Waals surface area contributed by atoms with Crippen LogP contribution in [0.4, 0.5) is 10.5 Å². The monoisotopic (exact) mass is 566 g/mol. The van der Waals surface area contributed by atoms with E-state index >= 15 is 0 Å². The van der Waals surface area contributed by atoms with Crippen LogP contribution in [0.1, 0.15) is 18.1 Å². The van der Waals surface area contributed by atoms with E-state index in [9.17, 15) is 14.4 Å². The number of anilines is 1. The number of nitrogens with one attached hydrogen (secondary N) is 1. The molecule has 0 atom stereocenters. The van der Waals surface area contributed by atoms with Crippen molar-refractivity contribution in [3.8, 4) is 23.0 Å². The maximum Gasteiger partial charge on any atom is 0.294 e. The minimum Gasteiger partial charge on any atom is -0.490 e. The molecule has 0 radical (unpaired) electrons. The second-order valence-corrected chi connectivity index (χ2v) is 9.82. The molecule has 3 aromatic rings. The van der Waals surface area contributed by atoms with Crippen molar-refractivity contribution >= 4 is 52.2 Å². The number of amides is 3. The largest absolute Gasteiger partial charge is 0.490 e. The molecule has 3 aromatic carbocycles. The number of rotatable bonds is 9. The van der Waals surface area contributed by atoms with Gasteiger partial charge in [0.05, 0.1) is 16.5 Å². The van der Waals surface area contributed by atoms with Gasteiger partial charge in [0.2, 0.25) is 12.7 Å². The van der Waals surface area contributed by atoms with Gasteiger partial charge in [0.25, 0.3) is 11.1 Å². The van der Waals surface area contributed by atoms with Crippen LogP contribution in [0.25, 0.3) is 6.08 Å². The van der Waals surface area contributed by atoms with Crippen LogP contribution >= 0.6 is 23.4 Å². The van der Waals surface area contributed by atoms with Crippen molar-refractivity contribution in [1.29, 1.82) is 0 Å². The first-order valence-electron chi connectivity index (χ1n) is 12.0. The fourth-order valence-electron chi connectivity index (χ4n) is 3.91. The minimum atomic E-state index is -0.579. The number of hydrogen-bond donors (Lipinski definition) is 1. The third-order valence-corrected chi connectivity index (χ3v) is 6.88. The SMILES string of the molecule is CCOc1cc(/C=C2\SC(=O)N(CC(=O)Nc3ccc4c(c3)OCO4)C2=O)cc(Cl)c1OCc1ccccc1. The number of carbonyl (C=O) groups is 3. The Labute approximate surface area is 233 Å². The van der Waals surface area contributed by atoms with E-state index in [1.165, 1.54) is 6.08 Å². The Hall–Kier alpha value is -4.15. The third-order valence-electron chi connectivity index (χ3n) is 5.69. The molecule has 1 saturated heterocycles. The lowest BCUT2D eigenvalue weighted by atomic mass is 10.1. The number of ether oxygens (including phenoxy) is 4. The van der Waals surface area contributed by atoms with Gasteiger partial charge >= 0.3 is 0 Å². The number of hydrogen-bond acceptors (Lipinski definition) is 8. The van der Waals surface area contributed by atoms with Crippen LogP contribution in [-0.4, -0.2) is 41.9 Å². The van der Waals surface area contributed by atoms with Gasteiger partial charge in [0.15, 0.2) is 23.0 Å². The smallest absolute Gasteiger partial charge is 0.294 e. The molecule has 11 heteroatoms. The summed E-state index contributed by atoms with van der Waals surface area (Å²) in [6.45, 7) is 2.18. The van der Waals surface area contributed by atoms with E-state index in [1.54, 1.807) is 30.3 Å². The van der Waals surface area contributed by atoms with E-state index < -0.39 is 23.6 Å². The van der Waals surface area contributed by atoms with Crippen molar-refractivity contribution in [3.05, 3.63) is 81.7 Å². The molecule has 0 bridgehead atoms. The molecule has 3 amide bonds. The first kappa shape index (κ1) is 26.5. The molecule has 0 aromatic heterocycles. The molecule has 0 spiro atoms. The lowest BCUT2D eigenvalue weighted by molar-refractivity contribution is -0.127. The summed E-state index contributed by atoms with van der Waals surface area (Å²) in [6.07, 6.45) is 1.54. The van der Waals surface area contributed by atoms with Gasteiger partial charge in [-0.2, -0.15) is 0 Å². The molecule has 9 nitrogen and oxygen atoms in total. The van der Waals surface area contributed by atoms with Crippen molar-refractivity contribution in [3.63, 3.8) is 0 Å². The van der Waals surface area contributed by atoms with E-state index in [0.717, 1.165) is 22.2 Å². The number of nitrogens with zero attached hydrogens (tertiary/aromatic N) is 1. The molecule has 2 aliphatic heterocycles. The number of fused-ring (bicyclic) bond motifs is 1. The number of carbonyl (C=O) groups excluding carboxylic acids is 3. The highest BCUT2D eigenvalue weighted by atomic mass is 35.5. The second-order valence-electron chi connectivity index (χ2n) is 8.42. The van der Waals surface area contributed by atoms with Gasteiger partial charge in [-0.15, -0.1) is 0 Å². The summed E-state index contributed by atoms with van der Waals surface area (Å²) in [4.78, 5) is 39.2. The molecular weight excluding hydrogens is 544 g/mol. The predicted octanol–water partition coefficient (Wildman–Crippen LogP) is 5.72. The van der Waals surface area contributed by atoms with Crippen molar-refractivity contribution in [2.24, 2.45) is 0 Å². The van der Waals surface area contributed by atoms with Gasteiger partial charge in [-0.25, -0.2) is 0 Å². The third kappa shape index (κ3) is 6.13. The highest BCUT2D eigenvalue weighted by Gasteiger charge is 2.36. The maximum atomic E-state index is 13.0. The summed E-state index contributed by atoms with van der Waals surface area (Å²) in [5, 5.41) is 2.41. The van der Waals surface area contributed by atoms with Crippen molar-refractivity contribution in [2.45, 2.75) is 13.5 Å². The molecule has 1 N–H and O–H groups in total. The zero-order valence-corrected chi connectivity index (χ0v) is 22.3. The molecular formula is C28H23ClN2O7S. The average molecular weight is 567 g/mol. The van der Waals surface area contributed by atoms with Crippen LogP contribution in [0.3, 0.4) is 0 Å². The number of halogens is 1. The number of thioether (sulfide) groups is 1. The summed E-state index contributed by atoms with van der Waals surface area (Å²) in [5.74, 6) is 0.765. The van der Waals surface area contributed by atoms with Crippen LogP contribution in [-0.2, 0) is 16.2 Å². The summed E-state index contributed by atoms with van der Waals surface area (Å²) < 4.78 is 22.2. The van der Waals surface area contributed by atoms with E-state index in [4.69, 9.17) is 30.5 Å². The van der Waals surface area contributed by atoms with Gasteiger partial charge in [-0.3, -0.25) is 19.3 Å². The highest BCUT2D eigenvalue weighted by molar-refractivity contribution is 8.18. The molecule has 39 heavy (non-hydrogen) atoms. The van der Waals surface area contributed by atoms with Crippen LogP contribution < -0.4 is 24.3 Å². The molecule has 2 aliphatic rings. The molecule has 1 fully saturated rings. The van der Waals surface area contributed by atoms with Crippen LogP contribution in [0.15, 0.2) is 65.6 Å². The zero-order valence-electron chi connectivity index (χ0n) is 20.8. The summed E-state index contributed by atoms with van der Waals surface area (Å²) in [5.41, 5.74) is 1.97. The molecule has 5 rings (SSSR count). The predicted molar refractivity (Wildman–Crippen MR) is 147 cm³/mol. The Morgan fingerprint density at radius 1 is 1.08 bits per heavy atom. The summed E-state index contributed by atoms with van der Waals surface area (Å²) in [6, 6.07) is 17.9. The molecule has 0 aliphatic carbocycles. The Bertz CT molecular complexity index is 1460. The van der Waals surface area contributed by atoms with Gasteiger partial charge in [-0.05, 0) is 60.2 Å². The molecule has 0 unspecified atom stereocenters. The Morgan fingerprint density at radius 3 is 2.67 bits per heavy atom. The fraction of sp³-hybridized carbons (Fsp3) is 0.179. The van der Waals surface area contributed by atoms with E-state index in [0.29, 0.717) is 52.5 Å². The Kier molecular flexibility index (Phi) is 7.94. The normalized spacial score (nSPS) is 15.1. The Balaban J connectivity index is 1.28. The molecule has 2 heterocycles. The van der Waals surface area contributed by atoms with Gasteiger partial charge in [-0.1, -0.05) is 41.9 Å². The topological polar surface area (TPSA) is 103 Å². The maximum absolute atomic E-state index is 13.0. The average Bonchev–Trinajstić information content (AvgIpc) is 3.48. The minimum absolute atomic E-state index is 0.108. The van der Waals surface area contributed by atoms with Crippen molar-refractivity contribution in [2.75, 3.05) is 25.3 Å². The number of imide groups is 1. The lowest BCUT2D eigenvalue weighted by Gasteiger charge is -2.15.